The van der Waals surface area contributed by atoms with E-state index in [-0.39, 0.29) is 127 Å². The van der Waals surface area contributed by atoms with Crippen LogP contribution in [0.3, 0.4) is 0 Å². The summed E-state index contributed by atoms with van der Waals surface area (Å²) < 4.78 is 52.2. The first-order chi connectivity index (χ1) is 56.3. The number of ether oxygens (including phenoxy) is 10. The number of cyclic esters (lactones) is 2. The van der Waals surface area contributed by atoms with Crippen molar-refractivity contribution in [3.05, 3.63) is 71.8 Å². The number of carboxylic acids is 4. The molecule has 2 bridgehead atoms. The Morgan fingerprint density at radius 2 is 0.661 bits per heavy atom. The lowest BCUT2D eigenvalue weighted by molar-refractivity contribution is -0.176. The lowest BCUT2D eigenvalue weighted by atomic mass is 9.86. The average Bonchev–Trinajstić information content (AvgIpc) is 0.804. The number of esters is 4. The fraction of sp³-hybridized carbons (Fsp3) is 0.682. The summed E-state index contributed by atoms with van der Waals surface area (Å²) >= 11 is 0. The van der Waals surface area contributed by atoms with Crippen molar-refractivity contribution < 1.29 is 140 Å². The number of ketones is 1. The molecule has 7 unspecified atom stereocenters. The third kappa shape index (κ3) is 38.2. The Balaban J connectivity index is 0.000000269. The van der Waals surface area contributed by atoms with E-state index in [1.807, 2.05) is 81.4 Å². The van der Waals surface area contributed by atoms with Crippen LogP contribution in [0.5, 0.6) is 0 Å². The molecule has 0 radical (unpaired) electrons. The highest BCUT2D eigenvalue weighted by atomic mass is 16.6. The molecule has 8 fully saturated rings. The van der Waals surface area contributed by atoms with Gasteiger partial charge in [-0.2, -0.15) is 0 Å². The number of morpholine rings is 2. The van der Waals surface area contributed by atoms with Crippen molar-refractivity contribution in [2.24, 2.45) is 59.2 Å². The van der Waals surface area contributed by atoms with Gasteiger partial charge in [0, 0.05) is 97.5 Å². The molecule has 676 valence electrons. The van der Waals surface area contributed by atoms with Crippen LogP contribution in [0.4, 0.5) is 24.0 Å². The monoisotopic (exact) mass is 1710 g/mol. The minimum Gasteiger partial charge on any atom is -0.481 e. The number of aliphatic carboxylic acids is 4. The van der Waals surface area contributed by atoms with Crippen molar-refractivity contribution in [1.29, 1.82) is 0 Å². The van der Waals surface area contributed by atoms with Crippen LogP contribution in [0.1, 0.15) is 167 Å². The molecule has 0 spiro atoms. The standard InChI is InChI=1S/C24H34N2O6.C20H27NO6.C13H21NO5.C12H19NO6.C12H17NO5.C4H9NO/c1-24(2,3)32-23(29)26-15-19(14-21(27)31-17-18-7-5-4-6-8-18)13-20(16-26)22(28)25-9-11-30-12-10-25;1-20(2,3)27-19(25)21-11-15(9-16(12-21)18(23)24)10-17(22)26-13-14-7-5-4-6-8-14;1-8(15)9-5-10(11(16)17)7-14(6-9)12(18)19-13(2,3)4;1-12(2,3)19-11(18)13-5-7(9(14)15)4-8(6-13)10(16)17;1-12(2,3)18-11(16)13-5-7-4-8(6-13)10(15)17-9(7)14;1-3-6-4-2-5-1/h4-8,19-20H,9-17H2,1-3H3;4-8,15-16H,9-13H2,1-3H3,(H,23,24);9-10H,5-7H2,1-4H3,(H,16,17);7-8H,4-6H2,1-3H3,(H,14,15)(H,16,17);7-8H,4-6H2,1-3H3;5H,1-4H2/t19-,20-;15-,16?;;;;/m00..../s1. The first-order valence-corrected chi connectivity index (χ1v) is 40.9. The van der Waals surface area contributed by atoms with Gasteiger partial charge in [-0.25, -0.2) is 24.0 Å². The molecule has 36 heteroatoms. The van der Waals surface area contributed by atoms with Gasteiger partial charge in [-0.1, -0.05) is 60.7 Å². The molecule has 8 aliphatic heterocycles. The number of hydrogen-bond donors (Lipinski definition) is 5. The van der Waals surface area contributed by atoms with Gasteiger partial charge in [0.1, 0.15) is 47.0 Å². The molecule has 10 rings (SSSR count). The van der Waals surface area contributed by atoms with E-state index in [2.05, 4.69) is 10.1 Å². The molecule has 10 atom stereocenters. The van der Waals surface area contributed by atoms with Gasteiger partial charge < -0.3 is 103 Å². The topological polar surface area (TPSA) is 461 Å². The summed E-state index contributed by atoms with van der Waals surface area (Å²) in [5.41, 5.74) is -1.44. The summed E-state index contributed by atoms with van der Waals surface area (Å²) in [7, 11) is 0. The van der Waals surface area contributed by atoms with Gasteiger partial charge in [-0.05, 0) is 166 Å². The van der Waals surface area contributed by atoms with E-state index in [0.717, 1.165) is 42.3 Å². The fourth-order valence-electron chi connectivity index (χ4n) is 13.8. The quantitative estimate of drug-likeness (QED) is 0.0668. The van der Waals surface area contributed by atoms with Crippen LogP contribution in [0.25, 0.3) is 0 Å². The molecule has 8 heterocycles. The zero-order valence-corrected chi connectivity index (χ0v) is 72.8. The second-order valence-electron chi connectivity index (χ2n) is 36.1. The normalized spacial score (nSPS) is 23.0. The predicted molar refractivity (Wildman–Crippen MR) is 432 cm³/mol. The number of likely N-dealkylation sites (tertiary alicyclic amines) is 5. The van der Waals surface area contributed by atoms with Crippen molar-refractivity contribution in [1.82, 2.24) is 34.7 Å². The number of nitrogens with zero attached hydrogens (tertiary/aromatic N) is 6. The summed E-state index contributed by atoms with van der Waals surface area (Å²) in [5.74, 6) is -11.3. The van der Waals surface area contributed by atoms with Crippen molar-refractivity contribution in [3.8, 4) is 0 Å². The predicted octanol–water partition coefficient (Wildman–Crippen LogP) is 9.04. The van der Waals surface area contributed by atoms with Crippen LogP contribution in [0, 0.1) is 59.2 Å². The number of piperidine rings is 5. The molecule has 8 saturated heterocycles. The number of fused-ring (bicyclic) bond motifs is 2. The number of rotatable bonds is 14. The minimum absolute atomic E-state index is 0.00390. The number of benzene rings is 2. The van der Waals surface area contributed by atoms with E-state index < -0.39 is 142 Å². The highest BCUT2D eigenvalue weighted by molar-refractivity contribution is 5.92. The maximum absolute atomic E-state index is 13.1. The van der Waals surface area contributed by atoms with Crippen LogP contribution in [0.15, 0.2) is 60.7 Å². The van der Waals surface area contributed by atoms with Gasteiger partial charge in [-0.15, -0.1) is 0 Å². The Bertz CT molecular complexity index is 3670. The summed E-state index contributed by atoms with van der Waals surface area (Å²) in [4.78, 5) is 186. The van der Waals surface area contributed by atoms with Crippen LogP contribution in [-0.2, 0) is 109 Å². The van der Waals surface area contributed by atoms with Gasteiger partial charge in [0.25, 0.3) is 0 Å². The Morgan fingerprint density at radius 3 is 0.967 bits per heavy atom. The van der Waals surface area contributed by atoms with E-state index >= 15 is 0 Å². The van der Waals surface area contributed by atoms with Crippen LogP contribution in [-0.4, -0.2) is 286 Å². The maximum Gasteiger partial charge on any atom is 0.410 e. The largest absolute Gasteiger partial charge is 0.481 e. The number of amides is 6. The second-order valence-corrected chi connectivity index (χ2v) is 36.1. The Kier molecular flexibility index (Phi) is 39.1. The summed E-state index contributed by atoms with van der Waals surface area (Å²) in [6.45, 7) is 35.9. The molecular formula is C85H127N7O29. The van der Waals surface area contributed by atoms with Gasteiger partial charge in [0.2, 0.25) is 5.91 Å². The second kappa shape index (κ2) is 46.7. The van der Waals surface area contributed by atoms with Crippen molar-refractivity contribution >= 4 is 89.9 Å². The molecule has 2 aromatic carbocycles. The molecule has 0 aromatic heterocycles. The molecule has 0 aliphatic carbocycles. The highest BCUT2D eigenvalue weighted by Gasteiger charge is 2.46. The zero-order valence-electron chi connectivity index (χ0n) is 72.8. The van der Waals surface area contributed by atoms with Crippen LogP contribution < -0.4 is 5.32 Å². The highest BCUT2D eigenvalue weighted by Crippen LogP contribution is 2.33. The minimum atomic E-state index is -1.10. The summed E-state index contributed by atoms with van der Waals surface area (Å²) in [5, 5.41) is 39.6. The SMILES string of the molecule is C1COCCN1.CC(=O)C1CC(C(=O)O)CN(C(=O)OC(C)(C)C)C1.CC(C)(C)OC(=O)N1CC(C(=O)O)CC(C(=O)O)C1.CC(C)(C)OC(=O)N1CC(C(=O)O)C[C@@H](CC(=O)OCc2ccccc2)C1.CC(C)(C)OC(=O)N1CC2CC(C1)C(=O)OC2=O.CC(C)(C)OC(=O)N1C[C@H](CC(=O)OCc2ccccc2)C[C@H](C(=O)N2CCOCC2)C1. The maximum atomic E-state index is 13.1. The van der Waals surface area contributed by atoms with Crippen LogP contribution in [0.2, 0.25) is 0 Å². The smallest absolute Gasteiger partial charge is 0.410 e. The van der Waals surface area contributed by atoms with E-state index in [1.54, 1.807) is 92.9 Å². The molecule has 5 N–H and O–H groups in total. The van der Waals surface area contributed by atoms with E-state index in [0.29, 0.717) is 58.7 Å². The number of Topliss-reactive ketones (excluding diaryl/α,β-unsaturated/α-hetero) is 1. The Morgan fingerprint density at radius 1 is 0.372 bits per heavy atom. The molecule has 121 heavy (non-hydrogen) atoms. The zero-order chi connectivity index (χ0) is 90.5. The van der Waals surface area contributed by atoms with Crippen molar-refractivity contribution in [2.45, 2.75) is 197 Å². The number of carbonyl (C=O) groups excluding carboxylic acids is 11. The average molecular weight is 1710 g/mol. The molecule has 8 aliphatic rings. The number of carboxylic acid groups (broad SMARTS) is 4. The molecule has 36 nitrogen and oxygen atoms in total. The van der Waals surface area contributed by atoms with Crippen LogP contribution >= 0.6 is 0 Å². The third-order valence-corrected chi connectivity index (χ3v) is 19.4. The van der Waals surface area contributed by atoms with Gasteiger partial charge in [-0.3, -0.25) is 47.9 Å². The summed E-state index contributed by atoms with van der Waals surface area (Å²) in [6, 6.07) is 18.8. The van der Waals surface area contributed by atoms with Crippen molar-refractivity contribution in [3.63, 3.8) is 0 Å². The molecule has 2 aromatic rings. The molecule has 6 amide bonds. The number of carbonyl (C=O) groups is 15. The van der Waals surface area contributed by atoms with Crippen molar-refractivity contribution in [2.75, 3.05) is 118 Å². The first kappa shape index (κ1) is 101. The number of nitrogens with one attached hydrogen (secondary N) is 1. The molecular weight excluding hydrogens is 1580 g/mol. The van der Waals surface area contributed by atoms with Gasteiger partial charge in [0.15, 0.2) is 0 Å². The first-order valence-electron chi connectivity index (χ1n) is 40.9. The molecule has 0 saturated carbocycles. The fourth-order valence-corrected chi connectivity index (χ4v) is 13.8. The van der Waals surface area contributed by atoms with Gasteiger partial charge in [0.05, 0.1) is 80.7 Å². The van der Waals surface area contributed by atoms with E-state index in [4.69, 9.17) is 58.0 Å². The van der Waals surface area contributed by atoms with E-state index in [9.17, 15) is 77.0 Å². The van der Waals surface area contributed by atoms with Gasteiger partial charge >= 0.3 is 78.2 Å². The Labute approximate surface area is 707 Å². The summed E-state index contributed by atoms with van der Waals surface area (Å²) in [6.07, 6.45) is -0.880. The third-order valence-electron chi connectivity index (χ3n) is 19.4. The van der Waals surface area contributed by atoms with E-state index in [1.165, 1.54) is 21.6 Å². The lowest BCUT2D eigenvalue weighted by Gasteiger charge is -2.39. The lowest BCUT2D eigenvalue weighted by Crippen LogP contribution is -2.53. The Hall–Kier alpha value is -10.2. The number of hydrogen-bond acceptors (Lipinski definition) is 26.